The van der Waals surface area contributed by atoms with E-state index in [4.69, 9.17) is 4.74 Å². The van der Waals surface area contributed by atoms with Crippen molar-refractivity contribution in [2.24, 2.45) is 0 Å². The fourth-order valence-corrected chi connectivity index (χ4v) is 2.37. The number of benzene rings is 1. The van der Waals surface area contributed by atoms with Crippen molar-refractivity contribution < 1.29 is 9.53 Å². The van der Waals surface area contributed by atoms with Crippen molar-refractivity contribution in [1.82, 2.24) is 4.98 Å². The van der Waals surface area contributed by atoms with Gasteiger partial charge in [-0.3, -0.25) is 4.98 Å². The fraction of sp³-hybridized carbons (Fsp3) is 0.286. The van der Waals surface area contributed by atoms with Crippen LogP contribution >= 0.6 is 11.3 Å². The van der Waals surface area contributed by atoms with Gasteiger partial charge in [0.25, 0.3) is 0 Å². The number of nitrogens with zero attached hydrogens (tertiary/aromatic N) is 1. The Labute approximate surface area is 116 Å². The molecule has 0 saturated carbocycles. The van der Waals surface area contributed by atoms with Crippen LogP contribution in [0.15, 0.2) is 36.0 Å². The number of carbonyl (C=O) groups excluding carboxylic acids is 1. The van der Waals surface area contributed by atoms with Gasteiger partial charge in [-0.1, -0.05) is 12.1 Å². The first-order valence-electron chi connectivity index (χ1n) is 6.13. The molecule has 0 aliphatic rings. The number of anilines is 1. The highest BCUT2D eigenvalue weighted by Gasteiger charge is 2.14. The summed E-state index contributed by atoms with van der Waals surface area (Å²) in [5, 5.41) is 3.32. The van der Waals surface area contributed by atoms with Crippen LogP contribution in [0, 0.1) is 0 Å². The van der Waals surface area contributed by atoms with Crippen molar-refractivity contribution in [2.45, 2.75) is 19.9 Å². The van der Waals surface area contributed by atoms with E-state index in [1.54, 1.807) is 29.8 Å². The molecule has 0 amide bonds. The van der Waals surface area contributed by atoms with Gasteiger partial charge in [0.1, 0.15) is 0 Å². The molecule has 0 fully saturated rings. The first kappa shape index (κ1) is 13.5. The minimum atomic E-state index is -0.304. The summed E-state index contributed by atoms with van der Waals surface area (Å²) >= 11 is 1.58. The first-order chi connectivity index (χ1) is 9.22. The van der Waals surface area contributed by atoms with E-state index in [1.165, 1.54) is 0 Å². The van der Waals surface area contributed by atoms with E-state index in [0.717, 1.165) is 10.6 Å². The number of thiazole rings is 1. The molecular weight excluding hydrogens is 260 g/mol. The number of hydrogen-bond acceptors (Lipinski definition) is 5. The molecule has 100 valence electrons. The first-order valence-corrected chi connectivity index (χ1v) is 7.01. The Morgan fingerprint density at radius 3 is 2.95 bits per heavy atom. The molecule has 0 radical (unpaired) electrons. The van der Waals surface area contributed by atoms with E-state index in [9.17, 15) is 4.79 Å². The molecule has 1 aromatic heterocycles. The highest BCUT2D eigenvalue weighted by atomic mass is 32.1. The lowest BCUT2D eigenvalue weighted by molar-refractivity contribution is 0.0527. The van der Waals surface area contributed by atoms with E-state index in [2.05, 4.69) is 10.3 Å². The number of nitrogens with one attached hydrogen (secondary N) is 1. The summed E-state index contributed by atoms with van der Waals surface area (Å²) in [6, 6.07) is 7.46. The van der Waals surface area contributed by atoms with Crippen LogP contribution in [0.5, 0.6) is 0 Å². The Bertz CT molecular complexity index is 540. The molecule has 1 atom stereocenters. The lowest BCUT2D eigenvalue weighted by Crippen LogP contribution is -2.11. The van der Waals surface area contributed by atoms with Crippen molar-refractivity contribution in [3.8, 4) is 0 Å². The molecule has 19 heavy (non-hydrogen) atoms. The van der Waals surface area contributed by atoms with Crippen LogP contribution in [0.4, 0.5) is 5.69 Å². The zero-order valence-electron chi connectivity index (χ0n) is 10.9. The molecule has 5 heteroatoms. The van der Waals surface area contributed by atoms with E-state index in [1.807, 2.05) is 31.3 Å². The van der Waals surface area contributed by atoms with Crippen LogP contribution in [0.25, 0.3) is 0 Å². The normalized spacial score (nSPS) is 11.9. The van der Waals surface area contributed by atoms with Gasteiger partial charge in [0.15, 0.2) is 0 Å². The second-order valence-corrected chi connectivity index (χ2v) is 4.95. The average molecular weight is 276 g/mol. The molecule has 1 unspecified atom stereocenters. The fourth-order valence-electron chi connectivity index (χ4n) is 1.74. The molecule has 1 N–H and O–H groups in total. The zero-order chi connectivity index (χ0) is 13.7. The van der Waals surface area contributed by atoms with E-state index < -0.39 is 0 Å². The van der Waals surface area contributed by atoms with Gasteiger partial charge < -0.3 is 10.1 Å². The molecule has 2 aromatic rings. The Morgan fingerprint density at radius 2 is 2.26 bits per heavy atom. The molecule has 4 nitrogen and oxygen atoms in total. The van der Waals surface area contributed by atoms with E-state index in [-0.39, 0.29) is 12.0 Å². The van der Waals surface area contributed by atoms with Gasteiger partial charge in [0, 0.05) is 16.8 Å². The van der Waals surface area contributed by atoms with Crippen LogP contribution in [0.1, 0.15) is 35.1 Å². The van der Waals surface area contributed by atoms with Crippen molar-refractivity contribution in [3.63, 3.8) is 0 Å². The largest absolute Gasteiger partial charge is 0.462 e. The maximum absolute atomic E-state index is 11.9. The van der Waals surface area contributed by atoms with Gasteiger partial charge in [0.2, 0.25) is 0 Å². The summed E-state index contributed by atoms with van der Waals surface area (Å²) in [7, 11) is 0. The molecule has 0 aliphatic carbocycles. The SMILES string of the molecule is CCOC(=O)c1ccccc1NC(C)c1cncs1. The summed E-state index contributed by atoms with van der Waals surface area (Å²) in [4.78, 5) is 17.0. The van der Waals surface area contributed by atoms with Gasteiger partial charge in [0.05, 0.1) is 23.7 Å². The Balaban J connectivity index is 2.18. The predicted octanol–water partition coefficient (Wildman–Crippen LogP) is 3.49. The van der Waals surface area contributed by atoms with E-state index in [0.29, 0.717) is 12.2 Å². The summed E-state index contributed by atoms with van der Waals surface area (Å²) in [5.74, 6) is -0.304. The zero-order valence-corrected chi connectivity index (χ0v) is 11.7. The smallest absolute Gasteiger partial charge is 0.340 e. The van der Waals surface area contributed by atoms with Crippen LogP contribution in [-0.2, 0) is 4.74 Å². The number of aromatic nitrogens is 1. The summed E-state index contributed by atoms with van der Waals surface area (Å²) in [5.41, 5.74) is 3.13. The van der Waals surface area contributed by atoms with Gasteiger partial charge in [-0.05, 0) is 26.0 Å². The second-order valence-electron chi connectivity index (χ2n) is 4.04. The number of esters is 1. The quantitative estimate of drug-likeness (QED) is 0.849. The van der Waals surface area contributed by atoms with Crippen LogP contribution in [-0.4, -0.2) is 17.6 Å². The van der Waals surface area contributed by atoms with Crippen molar-refractivity contribution in [3.05, 3.63) is 46.4 Å². The molecule has 0 saturated heterocycles. The molecule has 0 aliphatic heterocycles. The molecule has 1 aromatic carbocycles. The molecule has 0 bridgehead atoms. The standard InChI is InChI=1S/C14H16N2O2S/c1-3-18-14(17)11-6-4-5-7-12(11)16-10(2)13-8-15-9-19-13/h4-10,16H,3H2,1-2H3. The summed E-state index contributed by atoms with van der Waals surface area (Å²) < 4.78 is 5.05. The van der Waals surface area contributed by atoms with Crippen molar-refractivity contribution in [2.75, 3.05) is 11.9 Å². The Morgan fingerprint density at radius 1 is 1.47 bits per heavy atom. The highest BCUT2D eigenvalue weighted by Crippen LogP contribution is 2.24. The third-order valence-electron chi connectivity index (χ3n) is 2.67. The van der Waals surface area contributed by atoms with Gasteiger partial charge in [-0.15, -0.1) is 11.3 Å². The highest BCUT2D eigenvalue weighted by molar-refractivity contribution is 7.09. The molecule has 2 rings (SSSR count). The number of ether oxygens (including phenoxy) is 1. The second kappa shape index (κ2) is 6.33. The molecule has 0 spiro atoms. The maximum Gasteiger partial charge on any atom is 0.340 e. The van der Waals surface area contributed by atoms with Gasteiger partial charge >= 0.3 is 5.97 Å². The van der Waals surface area contributed by atoms with Gasteiger partial charge in [-0.2, -0.15) is 0 Å². The van der Waals surface area contributed by atoms with Crippen LogP contribution in [0.3, 0.4) is 0 Å². The average Bonchev–Trinajstić information content (AvgIpc) is 2.93. The lowest BCUT2D eigenvalue weighted by Gasteiger charge is -2.16. The maximum atomic E-state index is 11.9. The monoisotopic (exact) mass is 276 g/mol. The minimum absolute atomic E-state index is 0.100. The van der Waals surface area contributed by atoms with Crippen molar-refractivity contribution in [1.29, 1.82) is 0 Å². The number of carbonyl (C=O) groups is 1. The molecular formula is C14H16N2O2S. The van der Waals surface area contributed by atoms with Crippen molar-refractivity contribution >= 4 is 23.0 Å². The van der Waals surface area contributed by atoms with Crippen LogP contribution in [0.2, 0.25) is 0 Å². The third kappa shape index (κ3) is 3.32. The van der Waals surface area contributed by atoms with E-state index >= 15 is 0 Å². The predicted molar refractivity (Wildman–Crippen MR) is 76.6 cm³/mol. The number of hydrogen-bond donors (Lipinski definition) is 1. The summed E-state index contributed by atoms with van der Waals surface area (Å²) in [6.45, 7) is 4.21. The Kier molecular flexibility index (Phi) is 4.52. The third-order valence-corrected chi connectivity index (χ3v) is 3.63. The number of para-hydroxylation sites is 1. The van der Waals surface area contributed by atoms with Gasteiger partial charge in [-0.25, -0.2) is 4.79 Å². The Hall–Kier alpha value is -1.88. The molecule has 1 heterocycles. The van der Waals surface area contributed by atoms with Crippen LogP contribution < -0.4 is 5.32 Å². The minimum Gasteiger partial charge on any atom is -0.462 e. The number of rotatable bonds is 5. The lowest BCUT2D eigenvalue weighted by atomic mass is 10.1. The summed E-state index contributed by atoms with van der Waals surface area (Å²) in [6.07, 6.45) is 1.83. The topological polar surface area (TPSA) is 51.2 Å².